The fourth-order valence-corrected chi connectivity index (χ4v) is 3.73. The zero-order valence-electron chi connectivity index (χ0n) is 13.0. The summed E-state index contributed by atoms with van der Waals surface area (Å²) in [5.41, 5.74) is 1.35. The van der Waals surface area contributed by atoms with Crippen LogP contribution in [0, 0.1) is 5.92 Å². The van der Waals surface area contributed by atoms with Crippen molar-refractivity contribution in [2.24, 2.45) is 5.92 Å². The van der Waals surface area contributed by atoms with Crippen molar-refractivity contribution in [3.05, 3.63) is 35.9 Å². The lowest BCUT2D eigenvalue weighted by Crippen LogP contribution is -2.43. The SMILES string of the molecule is CC(NCCC1CCCCC12OCCO2)c1ccccc1. The fraction of sp³-hybridized carbons (Fsp3) is 0.667. The molecule has 1 spiro atoms. The van der Waals surface area contributed by atoms with Gasteiger partial charge in [-0.25, -0.2) is 0 Å². The molecule has 1 aliphatic carbocycles. The molecule has 1 aromatic rings. The number of nitrogens with one attached hydrogen (secondary N) is 1. The Morgan fingerprint density at radius 2 is 1.95 bits per heavy atom. The smallest absolute Gasteiger partial charge is 0.171 e. The van der Waals surface area contributed by atoms with Crippen LogP contribution in [0.1, 0.15) is 50.6 Å². The van der Waals surface area contributed by atoms with Gasteiger partial charge < -0.3 is 14.8 Å². The van der Waals surface area contributed by atoms with Crippen LogP contribution in [0.4, 0.5) is 0 Å². The van der Waals surface area contributed by atoms with E-state index in [1.807, 2.05) is 0 Å². The summed E-state index contributed by atoms with van der Waals surface area (Å²) in [5.74, 6) is 0.292. The van der Waals surface area contributed by atoms with Crippen LogP contribution in [0.15, 0.2) is 30.3 Å². The standard InChI is InChI=1S/C18H27NO2/c1-15(16-7-3-2-4-8-16)19-12-10-17-9-5-6-11-18(17)20-13-14-21-18/h2-4,7-8,15,17,19H,5-6,9-14H2,1H3. The lowest BCUT2D eigenvalue weighted by atomic mass is 9.81. The highest BCUT2D eigenvalue weighted by atomic mass is 16.7. The van der Waals surface area contributed by atoms with Crippen molar-refractivity contribution < 1.29 is 9.47 Å². The lowest BCUT2D eigenvalue weighted by Gasteiger charge is -2.39. The minimum absolute atomic E-state index is 0.254. The molecule has 2 unspecified atom stereocenters. The molecule has 0 bridgehead atoms. The molecule has 0 radical (unpaired) electrons. The van der Waals surface area contributed by atoms with Gasteiger partial charge in [0.2, 0.25) is 0 Å². The van der Waals surface area contributed by atoms with Gasteiger partial charge in [-0.15, -0.1) is 0 Å². The van der Waals surface area contributed by atoms with E-state index in [2.05, 4.69) is 42.6 Å². The molecule has 2 fully saturated rings. The van der Waals surface area contributed by atoms with Crippen molar-refractivity contribution in [1.29, 1.82) is 0 Å². The lowest BCUT2D eigenvalue weighted by molar-refractivity contribution is -0.213. The Hall–Kier alpha value is -0.900. The summed E-state index contributed by atoms with van der Waals surface area (Å²) in [5, 5.41) is 3.64. The average Bonchev–Trinajstić information content (AvgIpc) is 2.99. The van der Waals surface area contributed by atoms with Gasteiger partial charge in [0.25, 0.3) is 0 Å². The van der Waals surface area contributed by atoms with E-state index in [1.54, 1.807) is 0 Å². The molecule has 2 atom stereocenters. The molecular weight excluding hydrogens is 262 g/mol. The summed E-state index contributed by atoms with van der Waals surface area (Å²) in [6.07, 6.45) is 6.00. The van der Waals surface area contributed by atoms with E-state index in [4.69, 9.17) is 9.47 Å². The Morgan fingerprint density at radius 1 is 1.19 bits per heavy atom. The van der Waals surface area contributed by atoms with Gasteiger partial charge >= 0.3 is 0 Å². The highest BCUT2D eigenvalue weighted by molar-refractivity contribution is 5.17. The first-order valence-electron chi connectivity index (χ1n) is 8.36. The number of rotatable bonds is 5. The molecule has 3 nitrogen and oxygen atoms in total. The maximum absolute atomic E-state index is 5.99. The molecule has 1 saturated carbocycles. The van der Waals surface area contributed by atoms with Crippen LogP contribution < -0.4 is 5.32 Å². The van der Waals surface area contributed by atoms with Crippen molar-refractivity contribution in [2.45, 2.75) is 50.9 Å². The van der Waals surface area contributed by atoms with E-state index in [1.165, 1.54) is 24.8 Å². The van der Waals surface area contributed by atoms with Crippen LogP contribution in [0.2, 0.25) is 0 Å². The monoisotopic (exact) mass is 289 g/mol. The quantitative estimate of drug-likeness (QED) is 0.897. The third-order valence-corrected chi connectivity index (χ3v) is 4.97. The van der Waals surface area contributed by atoms with Crippen molar-refractivity contribution in [3.63, 3.8) is 0 Å². The number of hydrogen-bond acceptors (Lipinski definition) is 3. The molecule has 2 aliphatic rings. The molecule has 1 saturated heterocycles. The Bertz CT molecular complexity index is 428. The first-order valence-corrected chi connectivity index (χ1v) is 8.36. The third-order valence-electron chi connectivity index (χ3n) is 4.97. The molecule has 0 aromatic heterocycles. The molecule has 1 N–H and O–H groups in total. The van der Waals surface area contributed by atoms with Crippen molar-refractivity contribution in [3.8, 4) is 0 Å². The van der Waals surface area contributed by atoms with E-state index < -0.39 is 0 Å². The highest BCUT2D eigenvalue weighted by Gasteiger charge is 2.45. The maximum Gasteiger partial charge on any atom is 0.171 e. The topological polar surface area (TPSA) is 30.5 Å². The van der Waals surface area contributed by atoms with Crippen molar-refractivity contribution in [2.75, 3.05) is 19.8 Å². The first kappa shape index (κ1) is 15.0. The number of ether oxygens (including phenoxy) is 2. The van der Waals surface area contributed by atoms with E-state index in [-0.39, 0.29) is 5.79 Å². The molecule has 3 rings (SSSR count). The van der Waals surface area contributed by atoms with E-state index >= 15 is 0 Å². The van der Waals surface area contributed by atoms with Crippen LogP contribution >= 0.6 is 0 Å². The van der Waals surface area contributed by atoms with Gasteiger partial charge in [-0.1, -0.05) is 36.8 Å². The van der Waals surface area contributed by atoms with Crippen LogP contribution in [-0.4, -0.2) is 25.5 Å². The first-order chi connectivity index (χ1) is 10.3. The summed E-state index contributed by atoms with van der Waals surface area (Å²) in [6, 6.07) is 11.0. The van der Waals surface area contributed by atoms with Gasteiger partial charge in [-0.3, -0.25) is 0 Å². The second kappa shape index (κ2) is 6.91. The van der Waals surface area contributed by atoms with Gasteiger partial charge in [0.15, 0.2) is 5.79 Å². The summed E-state index contributed by atoms with van der Waals surface area (Å²) in [6.45, 7) is 4.79. The Labute approximate surface area is 128 Å². The largest absolute Gasteiger partial charge is 0.347 e. The van der Waals surface area contributed by atoms with Crippen LogP contribution in [0.5, 0.6) is 0 Å². The molecule has 1 aromatic carbocycles. The van der Waals surface area contributed by atoms with Crippen LogP contribution in [-0.2, 0) is 9.47 Å². The minimum Gasteiger partial charge on any atom is -0.347 e. The molecule has 1 heterocycles. The summed E-state index contributed by atoms with van der Waals surface area (Å²) < 4.78 is 12.0. The summed E-state index contributed by atoms with van der Waals surface area (Å²) in [4.78, 5) is 0. The minimum atomic E-state index is -0.254. The van der Waals surface area contributed by atoms with Crippen LogP contribution in [0.25, 0.3) is 0 Å². The second-order valence-corrected chi connectivity index (χ2v) is 6.33. The molecule has 0 amide bonds. The third kappa shape index (κ3) is 3.47. The Balaban J connectivity index is 1.50. The fourth-order valence-electron chi connectivity index (χ4n) is 3.73. The van der Waals surface area contributed by atoms with E-state index in [0.717, 1.165) is 32.6 Å². The van der Waals surface area contributed by atoms with Crippen molar-refractivity contribution >= 4 is 0 Å². The van der Waals surface area contributed by atoms with E-state index in [0.29, 0.717) is 12.0 Å². The zero-order valence-corrected chi connectivity index (χ0v) is 13.0. The van der Waals surface area contributed by atoms with Crippen molar-refractivity contribution in [1.82, 2.24) is 5.32 Å². The second-order valence-electron chi connectivity index (χ2n) is 6.33. The average molecular weight is 289 g/mol. The molecule has 1 aliphatic heterocycles. The highest BCUT2D eigenvalue weighted by Crippen LogP contribution is 2.41. The Kier molecular flexibility index (Phi) is 4.94. The molecule has 116 valence electrons. The van der Waals surface area contributed by atoms with Crippen LogP contribution in [0.3, 0.4) is 0 Å². The van der Waals surface area contributed by atoms with Gasteiger partial charge in [0.05, 0.1) is 13.2 Å². The van der Waals surface area contributed by atoms with Gasteiger partial charge in [0.1, 0.15) is 0 Å². The van der Waals surface area contributed by atoms with Gasteiger partial charge in [0, 0.05) is 18.4 Å². The van der Waals surface area contributed by atoms with Gasteiger partial charge in [-0.2, -0.15) is 0 Å². The summed E-state index contributed by atoms with van der Waals surface area (Å²) in [7, 11) is 0. The predicted octanol–water partition coefficient (Wildman–Crippen LogP) is 3.66. The van der Waals surface area contributed by atoms with Gasteiger partial charge in [-0.05, 0) is 38.3 Å². The van der Waals surface area contributed by atoms with E-state index in [9.17, 15) is 0 Å². The Morgan fingerprint density at radius 3 is 2.71 bits per heavy atom. The molecule has 21 heavy (non-hydrogen) atoms. The predicted molar refractivity (Wildman–Crippen MR) is 84.1 cm³/mol. The molecule has 3 heteroatoms. The molecular formula is C18H27NO2. The number of hydrogen-bond donors (Lipinski definition) is 1. The summed E-state index contributed by atoms with van der Waals surface area (Å²) >= 11 is 0. The zero-order chi connectivity index (χ0) is 14.5. The number of benzene rings is 1. The maximum atomic E-state index is 5.99. The normalized spacial score (nSPS) is 26.0.